The number of rotatable bonds is 4. The number of carbonyl (C=O) groups is 1. The highest BCUT2D eigenvalue weighted by Gasteiger charge is 2.40. The van der Waals surface area contributed by atoms with Crippen LogP contribution in [0, 0.1) is 0 Å². The number of hydrogen-bond acceptors (Lipinski definition) is 4. The van der Waals surface area contributed by atoms with Gasteiger partial charge in [0.2, 0.25) is 15.9 Å². The Morgan fingerprint density at radius 1 is 1.27 bits per heavy atom. The maximum atomic E-state index is 12.6. The van der Waals surface area contributed by atoms with Gasteiger partial charge in [-0.1, -0.05) is 30.3 Å². The molecule has 2 atom stereocenters. The van der Waals surface area contributed by atoms with Crippen molar-refractivity contribution in [3.05, 3.63) is 35.9 Å². The van der Waals surface area contributed by atoms with Gasteiger partial charge in [0.05, 0.1) is 6.26 Å². The molecule has 0 spiro atoms. The second kappa shape index (κ2) is 5.98. The maximum Gasteiger partial charge on any atom is 0.243 e. The fraction of sp³-hybridized carbons (Fsp3) is 0.533. The number of nitrogens with one attached hydrogen (secondary N) is 1. The molecule has 1 aromatic rings. The Labute approximate surface area is 131 Å². The van der Waals surface area contributed by atoms with Gasteiger partial charge in [0, 0.05) is 25.0 Å². The van der Waals surface area contributed by atoms with E-state index < -0.39 is 15.6 Å². The standard InChI is InChI=1S/C15H23N3O3S/c1-15(2,17-22(3,20)21)14(19)18-9-12(13(16)10-18)11-7-5-4-6-8-11/h4-8,12-13,17H,9-10,16H2,1-3H3/t12-,13+/m0/s1. The molecule has 0 saturated carbocycles. The third-order valence-corrected chi connectivity index (χ3v) is 4.74. The number of sulfonamides is 1. The Morgan fingerprint density at radius 3 is 2.41 bits per heavy atom. The third kappa shape index (κ3) is 3.85. The zero-order chi connectivity index (χ0) is 16.5. The van der Waals surface area contributed by atoms with Crippen LogP contribution in [-0.2, 0) is 14.8 Å². The SMILES string of the molecule is CC(C)(NS(C)(=O)=O)C(=O)N1C[C@@H](N)[C@H](c2ccccc2)C1. The van der Waals surface area contributed by atoms with Crippen LogP contribution in [0.4, 0.5) is 0 Å². The van der Waals surface area contributed by atoms with Gasteiger partial charge in [-0.25, -0.2) is 13.1 Å². The number of nitrogens with zero attached hydrogens (tertiary/aromatic N) is 1. The van der Waals surface area contributed by atoms with Crippen molar-refractivity contribution in [1.82, 2.24) is 9.62 Å². The van der Waals surface area contributed by atoms with Gasteiger partial charge in [0.15, 0.2) is 0 Å². The highest BCUT2D eigenvalue weighted by Crippen LogP contribution is 2.27. The van der Waals surface area contributed by atoms with Gasteiger partial charge >= 0.3 is 0 Å². The minimum absolute atomic E-state index is 0.0687. The molecule has 0 radical (unpaired) electrons. The molecule has 3 N–H and O–H groups in total. The number of benzene rings is 1. The Hall–Kier alpha value is -1.44. The number of carbonyl (C=O) groups excluding carboxylic acids is 1. The van der Waals surface area contributed by atoms with Crippen LogP contribution in [0.2, 0.25) is 0 Å². The van der Waals surface area contributed by atoms with Crippen LogP contribution < -0.4 is 10.5 Å². The molecule has 1 amide bonds. The van der Waals surface area contributed by atoms with Crippen molar-refractivity contribution in [2.75, 3.05) is 19.3 Å². The maximum absolute atomic E-state index is 12.6. The average molecular weight is 325 g/mol. The molecule has 0 aromatic heterocycles. The van der Waals surface area contributed by atoms with E-state index in [2.05, 4.69) is 4.72 Å². The van der Waals surface area contributed by atoms with E-state index >= 15 is 0 Å². The van der Waals surface area contributed by atoms with E-state index in [1.165, 1.54) is 0 Å². The van der Waals surface area contributed by atoms with E-state index in [0.29, 0.717) is 13.1 Å². The van der Waals surface area contributed by atoms with Crippen molar-refractivity contribution in [1.29, 1.82) is 0 Å². The molecule has 122 valence electrons. The van der Waals surface area contributed by atoms with Crippen molar-refractivity contribution in [2.45, 2.75) is 31.3 Å². The number of hydrogen-bond donors (Lipinski definition) is 2. The van der Waals surface area contributed by atoms with Gasteiger partial charge in [-0.05, 0) is 19.4 Å². The molecule has 7 heteroatoms. The highest BCUT2D eigenvalue weighted by atomic mass is 32.2. The van der Waals surface area contributed by atoms with E-state index in [4.69, 9.17) is 5.73 Å². The van der Waals surface area contributed by atoms with Crippen molar-refractivity contribution < 1.29 is 13.2 Å². The van der Waals surface area contributed by atoms with E-state index in [-0.39, 0.29) is 17.9 Å². The molecule has 2 rings (SSSR count). The molecule has 0 unspecified atom stereocenters. The fourth-order valence-corrected chi connectivity index (χ4v) is 3.96. The first-order valence-corrected chi connectivity index (χ1v) is 9.08. The second-order valence-corrected chi connectivity index (χ2v) is 8.14. The molecule has 6 nitrogen and oxygen atoms in total. The summed E-state index contributed by atoms with van der Waals surface area (Å²) in [6, 6.07) is 9.67. The van der Waals surface area contributed by atoms with E-state index in [1.54, 1.807) is 18.7 Å². The van der Waals surface area contributed by atoms with Crippen LogP contribution in [0.15, 0.2) is 30.3 Å². The molecular formula is C15H23N3O3S. The average Bonchev–Trinajstić information content (AvgIpc) is 2.78. The Morgan fingerprint density at radius 2 is 1.86 bits per heavy atom. The van der Waals surface area contributed by atoms with Crippen molar-refractivity contribution >= 4 is 15.9 Å². The van der Waals surface area contributed by atoms with Crippen LogP contribution in [0.5, 0.6) is 0 Å². The van der Waals surface area contributed by atoms with Gasteiger partial charge in [-0.2, -0.15) is 0 Å². The smallest absolute Gasteiger partial charge is 0.243 e. The summed E-state index contributed by atoms with van der Waals surface area (Å²) in [6.07, 6.45) is 1.05. The summed E-state index contributed by atoms with van der Waals surface area (Å²) in [5, 5.41) is 0. The summed E-state index contributed by atoms with van der Waals surface area (Å²) in [4.78, 5) is 14.3. The van der Waals surface area contributed by atoms with Gasteiger partial charge < -0.3 is 10.6 Å². The zero-order valence-corrected chi connectivity index (χ0v) is 13.9. The van der Waals surface area contributed by atoms with Crippen LogP contribution in [0.3, 0.4) is 0 Å². The van der Waals surface area contributed by atoms with E-state index in [1.807, 2.05) is 30.3 Å². The lowest BCUT2D eigenvalue weighted by Crippen LogP contribution is -2.55. The van der Waals surface area contributed by atoms with E-state index in [0.717, 1.165) is 11.8 Å². The number of amides is 1. The van der Waals surface area contributed by atoms with Crippen molar-refractivity contribution in [3.8, 4) is 0 Å². The molecular weight excluding hydrogens is 302 g/mol. The van der Waals surface area contributed by atoms with E-state index in [9.17, 15) is 13.2 Å². The summed E-state index contributed by atoms with van der Waals surface area (Å²) in [5.41, 5.74) is 6.09. The van der Waals surface area contributed by atoms with Crippen LogP contribution in [-0.4, -0.2) is 50.2 Å². The van der Waals surface area contributed by atoms with Crippen molar-refractivity contribution in [3.63, 3.8) is 0 Å². The zero-order valence-electron chi connectivity index (χ0n) is 13.1. The summed E-state index contributed by atoms with van der Waals surface area (Å²) in [6.45, 7) is 4.06. The van der Waals surface area contributed by atoms with Crippen LogP contribution in [0.25, 0.3) is 0 Å². The topological polar surface area (TPSA) is 92.5 Å². The molecule has 1 aliphatic heterocycles. The molecule has 1 saturated heterocycles. The first-order valence-electron chi connectivity index (χ1n) is 7.19. The first kappa shape index (κ1) is 16.9. The number of likely N-dealkylation sites (tertiary alicyclic amines) is 1. The summed E-state index contributed by atoms with van der Waals surface area (Å²) in [5.74, 6) is -0.189. The second-order valence-electron chi connectivity index (χ2n) is 6.39. The van der Waals surface area contributed by atoms with Crippen LogP contribution in [0.1, 0.15) is 25.3 Å². The first-order chi connectivity index (χ1) is 10.1. The quantitative estimate of drug-likeness (QED) is 0.831. The molecule has 1 aliphatic rings. The lowest BCUT2D eigenvalue weighted by atomic mass is 9.95. The van der Waals surface area contributed by atoms with Crippen molar-refractivity contribution in [2.24, 2.45) is 5.73 Å². The monoisotopic (exact) mass is 325 g/mol. The van der Waals surface area contributed by atoms with Gasteiger partial charge in [-0.3, -0.25) is 4.79 Å². The molecule has 0 aliphatic carbocycles. The predicted octanol–water partition coefficient (Wildman–Crippen LogP) is 0.268. The third-order valence-electron chi connectivity index (χ3n) is 3.86. The number of nitrogens with two attached hydrogens (primary N) is 1. The molecule has 1 aromatic carbocycles. The Bertz CT molecular complexity index is 643. The highest BCUT2D eigenvalue weighted by molar-refractivity contribution is 7.88. The largest absolute Gasteiger partial charge is 0.339 e. The summed E-state index contributed by atoms with van der Waals surface area (Å²) < 4.78 is 25.2. The lowest BCUT2D eigenvalue weighted by molar-refractivity contribution is -0.135. The summed E-state index contributed by atoms with van der Waals surface area (Å²) >= 11 is 0. The van der Waals surface area contributed by atoms with Gasteiger partial charge in [0.1, 0.15) is 5.54 Å². The molecule has 1 fully saturated rings. The molecule has 1 heterocycles. The minimum atomic E-state index is -3.46. The predicted molar refractivity (Wildman–Crippen MR) is 85.8 cm³/mol. The fourth-order valence-electron chi connectivity index (χ4n) is 2.95. The summed E-state index contributed by atoms with van der Waals surface area (Å²) in [7, 11) is -3.46. The van der Waals surface area contributed by atoms with Gasteiger partial charge in [0.25, 0.3) is 0 Å². The normalized spacial score (nSPS) is 22.8. The lowest BCUT2D eigenvalue weighted by Gasteiger charge is -2.29. The molecule has 22 heavy (non-hydrogen) atoms. The molecule has 0 bridgehead atoms. The minimum Gasteiger partial charge on any atom is -0.339 e. The Balaban J connectivity index is 2.13. The van der Waals surface area contributed by atoms with Gasteiger partial charge in [-0.15, -0.1) is 0 Å². The van der Waals surface area contributed by atoms with Crippen LogP contribution >= 0.6 is 0 Å². The Kier molecular flexibility index (Phi) is 4.60.